The van der Waals surface area contributed by atoms with Crippen LogP contribution in [-0.2, 0) is 11.2 Å². The van der Waals surface area contributed by atoms with E-state index in [1.165, 1.54) is 10.5 Å². The van der Waals surface area contributed by atoms with E-state index in [1.807, 2.05) is 11.0 Å². The predicted molar refractivity (Wildman–Crippen MR) is 111 cm³/mol. The Morgan fingerprint density at radius 2 is 1.79 bits per heavy atom. The Morgan fingerprint density at radius 1 is 1.03 bits per heavy atom. The molecule has 1 N–H and O–H groups in total. The molecule has 2 aromatic carbocycles. The van der Waals surface area contributed by atoms with Gasteiger partial charge in [0.2, 0.25) is 5.91 Å². The number of carbonyl (C=O) groups is 3. The number of aryl methyl sites for hydroxylation is 1. The number of anilines is 1. The smallest absolute Gasteiger partial charge is 0.329 e. The highest BCUT2D eigenvalue weighted by molar-refractivity contribution is 6.12. The zero-order valence-corrected chi connectivity index (χ0v) is 16.3. The molecule has 4 amide bonds. The third kappa shape index (κ3) is 4.47. The van der Waals surface area contributed by atoms with Crippen molar-refractivity contribution in [3.05, 3.63) is 65.7 Å². The topological polar surface area (TPSA) is 69.7 Å². The summed E-state index contributed by atoms with van der Waals surface area (Å²) in [5.41, 5.74) is 2.57. The molecule has 2 heterocycles. The van der Waals surface area contributed by atoms with Gasteiger partial charge in [0.15, 0.2) is 0 Å². The van der Waals surface area contributed by atoms with Gasteiger partial charge in [-0.25, -0.2) is 4.79 Å². The first-order chi connectivity index (χ1) is 14.1. The fraction of sp³-hybridized carbons (Fsp3) is 0.348. The molecule has 0 aliphatic carbocycles. The van der Waals surface area contributed by atoms with Crippen molar-refractivity contribution < 1.29 is 14.4 Å². The number of nitrogens with zero attached hydrogens (tertiary/aromatic N) is 2. The molecule has 0 unspecified atom stereocenters. The lowest BCUT2D eigenvalue weighted by atomic mass is 9.91. The molecule has 6 heteroatoms. The van der Waals surface area contributed by atoms with Crippen LogP contribution in [0.1, 0.15) is 35.2 Å². The number of rotatable bonds is 5. The number of hydrogen-bond donors (Lipinski definition) is 1. The lowest BCUT2D eigenvalue weighted by Crippen LogP contribution is -2.40. The molecule has 0 saturated carbocycles. The lowest BCUT2D eigenvalue weighted by molar-refractivity contribution is -0.117. The molecule has 1 atom stereocenters. The summed E-state index contributed by atoms with van der Waals surface area (Å²) in [4.78, 5) is 39.4. The maximum absolute atomic E-state index is 12.9. The lowest BCUT2D eigenvalue weighted by Gasteiger charge is -2.33. The van der Waals surface area contributed by atoms with Crippen LogP contribution in [0.2, 0.25) is 0 Å². The standard InChI is InChI=1S/C23H25N3O3/c27-21-16-26(23(29)24-21)20-12-10-19(11-13-20)22(28)25-14-4-7-18(15-25)9-8-17-5-2-1-3-6-17/h1-3,5-6,10-13,18H,4,7-9,14-16H2,(H,24,27,29)/t18-/m0/s1. The van der Waals surface area contributed by atoms with Gasteiger partial charge in [-0.2, -0.15) is 0 Å². The largest absolute Gasteiger partial charge is 0.338 e. The fourth-order valence-corrected chi connectivity index (χ4v) is 4.12. The summed E-state index contributed by atoms with van der Waals surface area (Å²) in [6.45, 7) is 1.59. The first-order valence-corrected chi connectivity index (χ1v) is 10.1. The van der Waals surface area contributed by atoms with E-state index in [9.17, 15) is 14.4 Å². The van der Waals surface area contributed by atoms with Crippen molar-refractivity contribution in [1.82, 2.24) is 10.2 Å². The van der Waals surface area contributed by atoms with E-state index in [2.05, 4.69) is 29.6 Å². The quantitative estimate of drug-likeness (QED) is 0.796. The molecular formula is C23H25N3O3. The Labute approximate surface area is 170 Å². The summed E-state index contributed by atoms with van der Waals surface area (Å²) in [5.74, 6) is 0.236. The predicted octanol–water partition coefficient (Wildman–Crippen LogP) is 3.23. The van der Waals surface area contributed by atoms with E-state index in [-0.39, 0.29) is 18.4 Å². The molecule has 2 aromatic rings. The summed E-state index contributed by atoms with van der Waals surface area (Å²) in [5, 5.41) is 2.26. The molecule has 0 aromatic heterocycles. The normalized spacial score (nSPS) is 19.4. The van der Waals surface area contributed by atoms with Gasteiger partial charge in [-0.3, -0.25) is 19.8 Å². The van der Waals surface area contributed by atoms with Crippen LogP contribution >= 0.6 is 0 Å². The number of benzene rings is 2. The van der Waals surface area contributed by atoms with Gasteiger partial charge in [0.25, 0.3) is 5.91 Å². The van der Waals surface area contributed by atoms with Gasteiger partial charge in [0.1, 0.15) is 6.54 Å². The fourth-order valence-electron chi connectivity index (χ4n) is 4.12. The van der Waals surface area contributed by atoms with Gasteiger partial charge in [-0.05, 0) is 61.4 Å². The first-order valence-electron chi connectivity index (χ1n) is 10.1. The number of imide groups is 1. The average Bonchev–Trinajstić information content (AvgIpc) is 3.11. The van der Waals surface area contributed by atoms with Crippen molar-refractivity contribution in [3.8, 4) is 0 Å². The second-order valence-electron chi connectivity index (χ2n) is 7.77. The number of carbonyl (C=O) groups excluding carboxylic acids is 3. The average molecular weight is 391 g/mol. The Kier molecular flexibility index (Phi) is 5.60. The zero-order valence-electron chi connectivity index (χ0n) is 16.3. The molecule has 2 saturated heterocycles. The van der Waals surface area contributed by atoms with Gasteiger partial charge in [-0.1, -0.05) is 30.3 Å². The third-order valence-corrected chi connectivity index (χ3v) is 5.71. The minimum Gasteiger partial charge on any atom is -0.338 e. The SMILES string of the molecule is O=C1CN(c2ccc(C(=O)N3CCC[C@@H](CCc4ccccc4)C3)cc2)C(=O)N1. The monoisotopic (exact) mass is 391 g/mol. The molecule has 2 aliphatic rings. The summed E-state index contributed by atoms with van der Waals surface area (Å²) in [6.07, 6.45) is 4.32. The van der Waals surface area contributed by atoms with Crippen molar-refractivity contribution in [1.29, 1.82) is 0 Å². The van der Waals surface area contributed by atoms with Crippen molar-refractivity contribution in [2.75, 3.05) is 24.5 Å². The molecule has 2 aliphatic heterocycles. The Morgan fingerprint density at radius 3 is 2.48 bits per heavy atom. The van der Waals surface area contributed by atoms with Gasteiger partial charge >= 0.3 is 6.03 Å². The molecule has 4 rings (SSSR count). The van der Waals surface area contributed by atoms with Gasteiger partial charge in [0.05, 0.1) is 0 Å². The van der Waals surface area contributed by atoms with Crippen molar-refractivity contribution in [2.45, 2.75) is 25.7 Å². The minimum absolute atomic E-state index is 0.0152. The number of urea groups is 1. The Balaban J connectivity index is 1.36. The Hall–Kier alpha value is -3.15. The summed E-state index contributed by atoms with van der Waals surface area (Å²) >= 11 is 0. The van der Waals surface area contributed by atoms with E-state index < -0.39 is 6.03 Å². The molecule has 150 valence electrons. The van der Waals surface area contributed by atoms with Crippen LogP contribution in [-0.4, -0.2) is 42.4 Å². The number of nitrogens with one attached hydrogen (secondary N) is 1. The molecule has 29 heavy (non-hydrogen) atoms. The number of piperidine rings is 1. The van der Waals surface area contributed by atoms with Crippen LogP contribution < -0.4 is 10.2 Å². The molecule has 6 nitrogen and oxygen atoms in total. The van der Waals surface area contributed by atoms with Crippen LogP contribution in [0.3, 0.4) is 0 Å². The van der Waals surface area contributed by atoms with E-state index >= 15 is 0 Å². The molecular weight excluding hydrogens is 366 g/mol. The molecule has 0 radical (unpaired) electrons. The first kappa shape index (κ1) is 19.2. The van der Waals surface area contributed by atoms with E-state index in [0.717, 1.165) is 38.8 Å². The number of hydrogen-bond acceptors (Lipinski definition) is 3. The number of likely N-dealkylation sites (tertiary alicyclic amines) is 1. The van der Waals surface area contributed by atoms with Gasteiger partial charge < -0.3 is 4.90 Å². The Bertz CT molecular complexity index is 895. The van der Waals surface area contributed by atoms with E-state index in [0.29, 0.717) is 17.2 Å². The maximum atomic E-state index is 12.9. The third-order valence-electron chi connectivity index (χ3n) is 5.71. The molecule has 2 fully saturated rings. The molecule has 0 bridgehead atoms. The van der Waals surface area contributed by atoms with Crippen LogP contribution in [0, 0.1) is 5.92 Å². The molecule has 0 spiro atoms. The van der Waals surface area contributed by atoms with Crippen LogP contribution in [0.15, 0.2) is 54.6 Å². The maximum Gasteiger partial charge on any atom is 0.329 e. The van der Waals surface area contributed by atoms with Crippen LogP contribution in [0.5, 0.6) is 0 Å². The number of amides is 4. The van der Waals surface area contributed by atoms with Gasteiger partial charge in [-0.15, -0.1) is 0 Å². The highest BCUT2D eigenvalue weighted by Gasteiger charge is 2.28. The highest BCUT2D eigenvalue weighted by atomic mass is 16.2. The van der Waals surface area contributed by atoms with Crippen molar-refractivity contribution >= 4 is 23.5 Å². The summed E-state index contributed by atoms with van der Waals surface area (Å²) in [7, 11) is 0. The minimum atomic E-state index is -0.425. The van der Waals surface area contributed by atoms with Crippen molar-refractivity contribution in [3.63, 3.8) is 0 Å². The second kappa shape index (κ2) is 8.47. The van der Waals surface area contributed by atoms with Crippen molar-refractivity contribution in [2.24, 2.45) is 5.92 Å². The van der Waals surface area contributed by atoms with E-state index in [4.69, 9.17) is 0 Å². The van der Waals surface area contributed by atoms with Gasteiger partial charge in [0, 0.05) is 24.3 Å². The summed E-state index contributed by atoms with van der Waals surface area (Å²) in [6, 6.07) is 17.0. The van der Waals surface area contributed by atoms with Crippen LogP contribution in [0.25, 0.3) is 0 Å². The van der Waals surface area contributed by atoms with E-state index in [1.54, 1.807) is 24.3 Å². The summed E-state index contributed by atoms with van der Waals surface area (Å²) < 4.78 is 0. The van der Waals surface area contributed by atoms with Crippen LogP contribution in [0.4, 0.5) is 10.5 Å². The highest BCUT2D eigenvalue weighted by Crippen LogP contribution is 2.24. The second-order valence-corrected chi connectivity index (χ2v) is 7.77. The zero-order chi connectivity index (χ0) is 20.2.